The van der Waals surface area contributed by atoms with Crippen LogP contribution in [0.5, 0.6) is 0 Å². The number of nitrogens with zero attached hydrogens (tertiary/aromatic N) is 2. The molecule has 1 unspecified atom stereocenters. The van der Waals surface area contributed by atoms with Gasteiger partial charge in [0.25, 0.3) is 0 Å². The largest absolute Gasteiger partial charge is 0.347 e. The molecule has 1 aliphatic rings. The number of amides is 1. The molecule has 1 fully saturated rings. The number of nitrogens with two attached hydrogens (primary N) is 1. The summed E-state index contributed by atoms with van der Waals surface area (Å²) in [4.78, 5) is 22.1. The molecule has 1 amide bonds. The van der Waals surface area contributed by atoms with Gasteiger partial charge in [-0.1, -0.05) is 60.7 Å². The summed E-state index contributed by atoms with van der Waals surface area (Å²) in [6.07, 6.45) is 6.16. The van der Waals surface area contributed by atoms with E-state index in [4.69, 9.17) is 5.73 Å². The number of hydrogen-bond acceptors (Lipinski definition) is 4. The topological polar surface area (TPSA) is 80.9 Å². The van der Waals surface area contributed by atoms with E-state index in [9.17, 15) is 4.79 Å². The Morgan fingerprint density at radius 3 is 2.32 bits per heavy atom. The van der Waals surface area contributed by atoms with Gasteiger partial charge in [-0.2, -0.15) is 0 Å². The third-order valence-corrected chi connectivity index (χ3v) is 6.26. The maximum atomic E-state index is 13.1. The van der Waals surface area contributed by atoms with Gasteiger partial charge in [-0.15, -0.1) is 0 Å². The van der Waals surface area contributed by atoms with Crippen LogP contribution >= 0.6 is 0 Å². The molecular formula is C26H30N4O. The average molecular weight is 415 g/mol. The molecule has 3 aromatic rings. The first-order valence-electron chi connectivity index (χ1n) is 11.1. The number of hydrogen-bond donors (Lipinski definition) is 2. The number of aromatic nitrogens is 2. The van der Waals surface area contributed by atoms with Gasteiger partial charge in [0, 0.05) is 11.5 Å². The molecule has 5 heteroatoms. The minimum absolute atomic E-state index is 0.0523. The van der Waals surface area contributed by atoms with Gasteiger partial charge in [0.2, 0.25) is 5.91 Å². The fourth-order valence-corrected chi connectivity index (χ4v) is 4.36. The van der Waals surface area contributed by atoms with Gasteiger partial charge in [-0.3, -0.25) is 4.79 Å². The highest BCUT2D eigenvalue weighted by molar-refractivity contribution is 5.79. The molecule has 1 aromatic heterocycles. The van der Waals surface area contributed by atoms with Crippen LogP contribution in [0.3, 0.4) is 0 Å². The molecular weight excluding hydrogens is 384 g/mol. The van der Waals surface area contributed by atoms with Crippen molar-refractivity contribution < 1.29 is 4.79 Å². The highest BCUT2D eigenvalue weighted by atomic mass is 16.1. The van der Waals surface area contributed by atoms with Crippen molar-refractivity contribution in [3.05, 3.63) is 84.3 Å². The summed E-state index contributed by atoms with van der Waals surface area (Å²) in [6.45, 7) is 0.716. The van der Waals surface area contributed by atoms with Crippen LogP contribution in [0.1, 0.15) is 43.0 Å². The van der Waals surface area contributed by atoms with Crippen LogP contribution < -0.4 is 11.1 Å². The normalized spacial score (nSPS) is 19.5. The van der Waals surface area contributed by atoms with E-state index in [0.717, 1.165) is 42.6 Å². The smallest absolute Gasteiger partial charge is 0.223 e. The molecule has 2 aromatic carbocycles. The van der Waals surface area contributed by atoms with Gasteiger partial charge in [-0.05, 0) is 56.2 Å². The number of rotatable bonds is 7. The molecule has 160 valence electrons. The molecule has 0 saturated heterocycles. The summed E-state index contributed by atoms with van der Waals surface area (Å²) >= 11 is 0. The highest BCUT2D eigenvalue weighted by Gasteiger charge is 2.28. The summed E-state index contributed by atoms with van der Waals surface area (Å²) < 4.78 is 0. The second-order valence-electron chi connectivity index (χ2n) is 8.40. The lowest BCUT2D eigenvalue weighted by Crippen LogP contribution is -2.37. The molecule has 1 atom stereocenters. The number of carbonyl (C=O) groups excluding carboxylic acids is 1. The summed E-state index contributed by atoms with van der Waals surface area (Å²) in [5.41, 5.74) is 9.72. The van der Waals surface area contributed by atoms with Gasteiger partial charge in [-0.25, -0.2) is 9.97 Å². The maximum absolute atomic E-state index is 13.1. The zero-order valence-electron chi connectivity index (χ0n) is 17.8. The molecule has 31 heavy (non-hydrogen) atoms. The third-order valence-electron chi connectivity index (χ3n) is 6.26. The van der Waals surface area contributed by atoms with Crippen LogP contribution in [-0.2, 0) is 11.2 Å². The quantitative estimate of drug-likeness (QED) is 0.604. The molecule has 3 N–H and O–H groups in total. The minimum Gasteiger partial charge on any atom is -0.347 e. The van der Waals surface area contributed by atoms with Crippen molar-refractivity contribution in [1.82, 2.24) is 15.3 Å². The van der Waals surface area contributed by atoms with E-state index in [0.29, 0.717) is 18.9 Å². The number of nitrogens with one attached hydrogen (secondary N) is 1. The van der Waals surface area contributed by atoms with Crippen LogP contribution in [0.4, 0.5) is 0 Å². The van der Waals surface area contributed by atoms with E-state index >= 15 is 0 Å². The van der Waals surface area contributed by atoms with Crippen LogP contribution in [0, 0.1) is 11.8 Å². The molecule has 1 heterocycles. The third kappa shape index (κ3) is 5.56. The molecule has 1 saturated carbocycles. The lowest BCUT2D eigenvalue weighted by Gasteiger charge is -2.28. The van der Waals surface area contributed by atoms with E-state index in [2.05, 4.69) is 27.4 Å². The highest BCUT2D eigenvalue weighted by Crippen LogP contribution is 2.29. The fraction of sp³-hybridized carbons (Fsp3) is 0.346. The molecule has 0 aliphatic heterocycles. The first kappa shape index (κ1) is 21.2. The molecule has 0 spiro atoms. The predicted octanol–water partition coefficient (Wildman–Crippen LogP) is 4.31. The van der Waals surface area contributed by atoms with Gasteiger partial charge in [0.05, 0.1) is 17.4 Å². The predicted molar refractivity (Wildman–Crippen MR) is 123 cm³/mol. The number of benzene rings is 2. The Hall–Kier alpha value is -3.05. The van der Waals surface area contributed by atoms with Crippen LogP contribution in [-0.4, -0.2) is 22.4 Å². The summed E-state index contributed by atoms with van der Waals surface area (Å²) in [6, 6.07) is 22.1. The van der Waals surface area contributed by atoms with Crippen molar-refractivity contribution >= 4 is 5.91 Å². The van der Waals surface area contributed by atoms with Gasteiger partial charge in [0.15, 0.2) is 0 Å². The first-order chi connectivity index (χ1) is 15.2. The Bertz CT molecular complexity index is 969. The molecule has 0 bridgehead atoms. The van der Waals surface area contributed by atoms with Crippen LogP contribution in [0.25, 0.3) is 11.3 Å². The van der Waals surface area contributed by atoms with Crippen molar-refractivity contribution in [3.8, 4) is 11.3 Å². The second kappa shape index (κ2) is 10.3. The summed E-state index contributed by atoms with van der Waals surface area (Å²) in [5, 5.41) is 3.30. The summed E-state index contributed by atoms with van der Waals surface area (Å²) in [5.74, 6) is 0.729. The van der Waals surface area contributed by atoms with Crippen molar-refractivity contribution in [2.45, 2.75) is 38.1 Å². The van der Waals surface area contributed by atoms with E-state index in [1.54, 1.807) is 6.33 Å². The lowest BCUT2D eigenvalue weighted by molar-refractivity contribution is -0.127. The molecule has 1 aliphatic carbocycles. The molecule has 5 nitrogen and oxygen atoms in total. The van der Waals surface area contributed by atoms with Gasteiger partial charge >= 0.3 is 0 Å². The van der Waals surface area contributed by atoms with E-state index in [1.807, 2.05) is 54.6 Å². The van der Waals surface area contributed by atoms with Crippen molar-refractivity contribution in [3.63, 3.8) is 0 Å². The summed E-state index contributed by atoms with van der Waals surface area (Å²) in [7, 11) is 0. The Labute approximate surface area is 184 Å². The zero-order chi connectivity index (χ0) is 21.5. The Kier molecular flexibility index (Phi) is 7.05. The van der Waals surface area contributed by atoms with Gasteiger partial charge in [0.1, 0.15) is 6.33 Å². The van der Waals surface area contributed by atoms with Crippen molar-refractivity contribution in [2.75, 3.05) is 6.54 Å². The second-order valence-corrected chi connectivity index (χ2v) is 8.40. The monoisotopic (exact) mass is 414 g/mol. The van der Waals surface area contributed by atoms with E-state index in [-0.39, 0.29) is 17.9 Å². The van der Waals surface area contributed by atoms with Crippen LogP contribution in [0.15, 0.2) is 73.1 Å². The van der Waals surface area contributed by atoms with Crippen molar-refractivity contribution in [1.29, 1.82) is 0 Å². The Morgan fingerprint density at radius 2 is 1.65 bits per heavy atom. The Morgan fingerprint density at radius 1 is 0.968 bits per heavy atom. The first-order valence-corrected chi connectivity index (χ1v) is 11.1. The fourth-order valence-electron chi connectivity index (χ4n) is 4.36. The van der Waals surface area contributed by atoms with Gasteiger partial charge < -0.3 is 11.1 Å². The van der Waals surface area contributed by atoms with E-state index < -0.39 is 0 Å². The average Bonchev–Trinajstić information content (AvgIpc) is 2.85. The van der Waals surface area contributed by atoms with Crippen LogP contribution in [0.2, 0.25) is 0 Å². The standard InChI is InChI=1S/C26H30N4O/c27-17-20-11-13-22(14-12-20)26(31)30-25(15-19-7-3-1-4-8-19)24-16-23(28-18-29-24)21-9-5-2-6-10-21/h1-10,16,18,20,22,25H,11-15,17,27H2,(H,30,31)/t20-,22-,25?. The maximum Gasteiger partial charge on any atom is 0.223 e. The Balaban J connectivity index is 1.55. The van der Waals surface area contributed by atoms with E-state index in [1.165, 1.54) is 5.56 Å². The molecule has 4 rings (SSSR count). The number of carbonyl (C=O) groups is 1. The molecule has 0 radical (unpaired) electrons. The minimum atomic E-state index is -0.201. The van der Waals surface area contributed by atoms with Crippen molar-refractivity contribution in [2.24, 2.45) is 17.6 Å². The zero-order valence-corrected chi connectivity index (χ0v) is 17.8. The lowest BCUT2D eigenvalue weighted by atomic mass is 9.81. The SMILES string of the molecule is NC[C@H]1CC[C@H](C(=O)NC(Cc2ccccc2)c2cc(-c3ccccc3)ncn2)CC1.